The Morgan fingerprint density at radius 3 is 2.67 bits per heavy atom. The lowest BCUT2D eigenvalue weighted by Crippen LogP contribution is -2.40. The molecule has 9 heteroatoms. The molecular weight excluding hydrogens is 406 g/mol. The van der Waals surface area contributed by atoms with Crippen molar-refractivity contribution in [2.45, 2.75) is 12.5 Å². The number of hydrogen-bond acceptors (Lipinski definition) is 7. The van der Waals surface area contributed by atoms with Crippen molar-refractivity contribution in [1.29, 1.82) is 0 Å². The summed E-state index contributed by atoms with van der Waals surface area (Å²) in [5, 5.41) is 8.04. The molecule has 0 aliphatic carbocycles. The number of carbonyl (C=O) groups is 2. The Morgan fingerprint density at radius 1 is 1.23 bits per heavy atom. The van der Waals surface area contributed by atoms with Crippen molar-refractivity contribution in [3.63, 3.8) is 0 Å². The number of thiophene rings is 1. The molecule has 8 nitrogen and oxygen atoms in total. The number of nitrogens with zero attached hydrogens (tertiary/aromatic N) is 3. The Bertz CT molecular complexity index is 929. The van der Waals surface area contributed by atoms with Crippen molar-refractivity contribution in [2.75, 3.05) is 41.5 Å². The molecule has 0 N–H and O–H groups in total. The largest absolute Gasteiger partial charge is 0.497 e. The number of benzene rings is 1. The second kappa shape index (κ2) is 9.73. The number of carbonyl (C=O) groups excluding carboxylic acids is 2. The number of hydrazone groups is 1. The predicted molar refractivity (Wildman–Crippen MR) is 114 cm³/mol. The molecular formula is C21H25N3O5S. The molecule has 0 saturated heterocycles. The average Bonchev–Trinajstić information content (AvgIpc) is 3.43. The molecule has 2 aromatic rings. The van der Waals surface area contributed by atoms with Crippen LogP contribution in [0, 0.1) is 0 Å². The van der Waals surface area contributed by atoms with Gasteiger partial charge in [-0.15, -0.1) is 11.3 Å². The molecule has 1 aromatic heterocycles. The molecule has 1 aliphatic heterocycles. The van der Waals surface area contributed by atoms with Crippen molar-refractivity contribution in [2.24, 2.45) is 5.10 Å². The summed E-state index contributed by atoms with van der Waals surface area (Å²) in [6, 6.07) is 9.04. The van der Waals surface area contributed by atoms with E-state index in [-0.39, 0.29) is 31.0 Å². The predicted octanol–water partition coefficient (Wildman–Crippen LogP) is 2.55. The molecule has 3 rings (SSSR count). The normalized spacial score (nSPS) is 15.7. The van der Waals surface area contributed by atoms with E-state index in [1.54, 1.807) is 32.6 Å². The highest BCUT2D eigenvalue weighted by Gasteiger charge is 2.36. The molecule has 0 fully saturated rings. The number of rotatable bonds is 8. The quantitative estimate of drug-likeness (QED) is 0.642. The van der Waals surface area contributed by atoms with Gasteiger partial charge in [0, 0.05) is 26.1 Å². The van der Waals surface area contributed by atoms with Gasteiger partial charge in [0.2, 0.25) is 5.91 Å². The summed E-state index contributed by atoms with van der Waals surface area (Å²) < 4.78 is 15.8. The van der Waals surface area contributed by atoms with Crippen molar-refractivity contribution in [3.8, 4) is 11.5 Å². The van der Waals surface area contributed by atoms with Gasteiger partial charge in [0.05, 0.1) is 30.9 Å². The van der Waals surface area contributed by atoms with E-state index in [1.807, 2.05) is 35.7 Å². The third kappa shape index (κ3) is 4.63. The maximum Gasteiger partial charge on any atom is 0.262 e. The van der Waals surface area contributed by atoms with Gasteiger partial charge in [0.25, 0.3) is 5.91 Å². The summed E-state index contributed by atoms with van der Waals surface area (Å²) in [5.41, 5.74) is 1.62. The zero-order valence-corrected chi connectivity index (χ0v) is 18.3. The fourth-order valence-corrected chi connectivity index (χ4v) is 3.99. The van der Waals surface area contributed by atoms with Crippen LogP contribution < -0.4 is 9.47 Å². The molecule has 160 valence electrons. The van der Waals surface area contributed by atoms with E-state index in [0.29, 0.717) is 17.9 Å². The molecule has 2 amide bonds. The summed E-state index contributed by atoms with van der Waals surface area (Å²) in [6.45, 7) is -0.188. The van der Waals surface area contributed by atoms with Gasteiger partial charge in [-0.1, -0.05) is 6.07 Å². The maximum atomic E-state index is 13.1. The second-order valence-corrected chi connectivity index (χ2v) is 7.72. The van der Waals surface area contributed by atoms with Gasteiger partial charge < -0.3 is 19.1 Å². The Balaban J connectivity index is 1.93. The van der Waals surface area contributed by atoms with E-state index in [0.717, 1.165) is 16.2 Å². The highest BCUT2D eigenvalue weighted by molar-refractivity contribution is 7.12. The zero-order valence-electron chi connectivity index (χ0n) is 17.5. The number of amides is 2. The molecule has 1 aromatic carbocycles. The van der Waals surface area contributed by atoms with Crippen molar-refractivity contribution in [3.05, 3.63) is 46.2 Å². The standard InChI is InChI=1S/C21H25N3O5S/c1-23(21(26)13-27-2)12-20(25)24-17(11-16(22-24)19-6-5-9-30-19)15-10-14(28-3)7-8-18(15)29-4/h5-10,17H,11-13H2,1-4H3/t17-/m0/s1. The van der Waals surface area contributed by atoms with E-state index in [2.05, 4.69) is 5.10 Å². The van der Waals surface area contributed by atoms with Crippen molar-refractivity contribution < 1.29 is 23.8 Å². The number of ether oxygens (including phenoxy) is 3. The Hall–Kier alpha value is -2.91. The van der Waals surface area contributed by atoms with Crippen LogP contribution >= 0.6 is 11.3 Å². The van der Waals surface area contributed by atoms with E-state index in [1.165, 1.54) is 17.0 Å². The molecule has 0 spiro atoms. The van der Waals surface area contributed by atoms with E-state index in [4.69, 9.17) is 14.2 Å². The van der Waals surface area contributed by atoms with E-state index < -0.39 is 0 Å². The first-order chi connectivity index (χ1) is 14.5. The summed E-state index contributed by atoms with van der Waals surface area (Å²) in [6.07, 6.45) is 0.533. The van der Waals surface area contributed by atoms with Crippen LogP contribution in [0.3, 0.4) is 0 Å². The van der Waals surface area contributed by atoms with E-state index in [9.17, 15) is 9.59 Å². The average molecular weight is 432 g/mol. The maximum absolute atomic E-state index is 13.1. The lowest BCUT2D eigenvalue weighted by molar-refractivity contribution is -0.142. The second-order valence-electron chi connectivity index (χ2n) is 6.77. The zero-order chi connectivity index (χ0) is 21.7. The number of methoxy groups -OCH3 is 3. The first kappa shape index (κ1) is 21.8. The minimum Gasteiger partial charge on any atom is -0.497 e. The van der Waals surface area contributed by atoms with Crippen LogP contribution in [0.2, 0.25) is 0 Å². The first-order valence-corrected chi connectivity index (χ1v) is 10.2. The number of likely N-dealkylation sites (N-methyl/N-ethyl adjacent to an activating group) is 1. The Labute approximate surface area is 179 Å². The smallest absolute Gasteiger partial charge is 0.262 e. The van der Waals surface area contributed by atoms with Gasteiger partial charge in [-0.25, -0.2) is 5.01 Å². The highest BCUT2D eigenvalue weighted by Crippen LogP contribution is 2.39. The third-order valence-corrected chi connectivity index (χ3v) is 5.75. The summed E-state index contributed by atoms with van der Waals surface area (Å²) >= 11 is 1.57. The molecule has 2 heterocycles. The van der Waals surface area contributed by atoms with Gasteiger partial charge in [0.1, 0.15) is 24.7 Å². The highest BCUT2D eigenvalue weighted by atomic mass is 32.1. The molecule has 0 radical (unpaired) electrons. The SMILES string of the molecule is COCC(=O)N(C)CC(=O)N1N=C(c2cccs2)C[C@H]1c1cc(OC)ccc1OC. The van der Waals surface area contributed by atoms with Crippen LogP contribution in [0.1, 0.15) is 22.9 Å². The Morgan fingerprint density at radius 2 is 2.03 bits per heavy atom. The van der Waals surface area contributed by atoms with Gasteiger partial charge in [-0.3, -0.25) is 9.59 Å². The van der Waals surface area contributed by atoms with Gasteiger partial charge in [-0.2, -0.15) is 5.10 Å². The molecule has 0 unspecified atom stereocenters. The first-order valence-electron chi connectivity index (χ1n) is 9.36. The molecule has 1 aliphatic rings. The minimum absolute atomic E-state index is 0.0827. The lowest BCUT2D eigenvalue weighted by Gasteiger charge is -2.26. The van der Waals surface area contributed by atoms with Gasteiger partial charge in [-0.05, 0) is 29.6 Å². The van der Waals surface area contributed by atoms with Crippen LogP contribution in [0.15, 0.2) is 40.8 Å². The van der Waals surface area contributed by atoms with Crippen LogP contribution in [0.25, 0.3) is 0 Å². The molecule has 0 bridgehead atoms. The lowest BCUT2D eigenvalue weighted by atomic mass is 9.99. The fourth-order valence-electron chi connectivity index (χ4n) is 3.27. The Kier molecular flexibility index (Phi) is 7.07. The topological polar surface area (TPSA) is 80.7 Å². The van der Waals surface area contributed by atoms with Gasteiger partial charge >= 0.3 is 0 Å². The van der Waals surface area contributed by atoms with Crippen molar-refractivity contribution >= 4 is 28.9 Å². The summed E-state index contributed by atoms with van der Waals surface area (Å²) in [4.78, 5) is 27.5. The molecule has 30 heavy (non-hydrogen) atoms. The van der Waals surface area contributed by atoms with Gasteiger partial charge in [0.15, 0.2) is 0 Å². The van der Waals surface area contributed by atoms with E-state index >= 15 is 0 Å². The molecule has 1 atom stereocenters. The van der Waals surface area contributed by atoms with Crippen LogP contribution in [-0.4, -0.2) is 69.0 Å². The fraction of sp³-hybridized carbons (Fsp3) is 0.381. The van der Waals surface area contributed by atoms with Crippen molar-refractivity contribution in [1.82, 2.24) is 9.91 Å². The molecule has 0 saturated carbocycles. The summed E-state index contributed by atoms with van der Waals surface area (Å²) in [7, 11) is 6.19. The van der Waals surface area contributed by atoms with Crippen LogP contribution in [0.5, 0.6) is 11.5 Å². The minimum atomic E-state index is -0.370. The number of hydrogen-bond donors (Lipinski definition) is 0. The summed E-state index contributed by atoms with van der Waals surface area (Å²) in [5.74, 6) is 0.742. The van der Waals surface area contributed by atoms with Crippen LogP contribution in [0.4, 0.5) is 0 Å². The monoisotopic (exact) mass is 431 g/mol. The third-order valence-electron chi connectivity index (χ3n) is 4.83. The van der Waals surface area contributed by atoms with Crippen LogP contribution in [-0.2, 0) is 14.3 Å².